The molecule has 0 spiro atoms. The zero-order valence-corrected chi connectivity index (χ0v) is 16.5. The Kier molecular flexibility index (Phi) is 5.39. The largest absolute Gasteiger partial charge is 0.494 e. The fourth-order valence-electron chi connectivity index (χ4n) is 2.38. The number of ether oxygens (including phenoxy) is 1. The molecule has 0 fully saturated rings. The third kappa shape index (κ3) is 3.99. The normalized spacial score (nSPS) is 12.2. The van der Waals surface area contributed by atoms with Crippen LogP contribution >= 0.6 is 11.3 Å². The van der Waals surface area contributed by atoms with Gasteiger partial charge in [0.05, 0.1) is 17.2 Å². The second-order valence-corrected chi connectivity index (χ2v) is 8.96. The van der Waals surface area contributed by atoms with Crippen LogP contribution in [0.15, 0.2) is 46.7 Å². The van der Waals surface area contributed by atoms with E-state index in [0.29, 0.717) is 22.9 Å². The summed E-state index contributed by atoms with van der Waals surface area (Å²) in [5, 5.41) is 5.54. The summed E-state index contributed by atoms with van der Waals surface area (Å²) in [5.74, 6) is 0.620. The maximum Gasteiger partial charge on any atom is 0.432 e. The van der Waals surface area contributed by atoms with Crippen molar-refractivity contribution in [3.05, 3.63) is 48.2 Å². The predicted octanol–water partition coefficient (Wildman–Crippen LogP) is 4.38. The number of benzene rings is 1. The van der Waals surface area contributed by atoms with Gasteiger partial charge >= 0.3 is 6.18 Å². The Morgan fingerprint density at radius 2 is 1.86 bits per heavy atom. The van der Waals surface area contributed by atoms with E-state index in [9.17, 15) is 21.6 Å². The third-order valence-electron chi connectivity index (χ3n) is 3.84. The number of halogens is 3. The van der Waals surface area contributed by atoms with E-state index in [0.717, 1.165) is 21.7 Å². The van der Waals surface area contributed by atoms with Gasteiger partial charge in [-0.2, -0.15) is 18.3 Å². The van der Waals surface area contributed by atoms with Crippen LogP contribution in [0.5, 0.6) is 5.75 Å². The Labute approximate surface area is 163 Å². The van der Waals surface area contributed by atoms with Crippen molar-refractivity contribution in [2.45, 2.75) is 17.3 Å². The number of sulfonamides is 1. The molecule has 0 saturated heterocycles. The average molecular weight is 431 g/mol. The first-order chi connectivity index (χ1) is 13.1. The molecule has 6 nitrogen and oxygen atoms in total. The highest BCUT2D eigenvalue weighted by molar-refractivity contribution is 7.94. The SMILES string of the molecule is CCOc1ccc(N(C)S(=O)(=O)c2ccc(-c3cc(C(F)(F)F)[nH]n3)s2)cc1. The maximum atomic E-state index is 12.8. The minimum Gasteiger partial charge on any atom is -0.494 e. The number of rotatable bonds is 6. The van der Waals surface area contributed by atoms with Gasteiger partial charge in [0.25, 0.3) is 10.0 Å². The smallest absolute Gasteiger partial charge is 0.432 e. The van der Waals surface area contributed by atoms with Crippen molar-refractivity contribution >= 4 is 27.0 Å². The lowest BCUT2D eigenvalue weighted by Crippen LogP contribution is -2.25. The monoisotopic (exact) mass is 431 g/mol. The van der Waals surface area contributed by atoms with E-state index < -0.39 is 21.9 Å². The van der Waals surface area contributed by atoms with Crippen molar-refractivity contribution in [2.75, 3.05) is 18.0 Å². The summed E-state index contributed by atoms with van der Waals surface area (Å²) in [7, 11) is -2.47. The Morgan fingerprint density at radius 3 is 2.43 bits per heavy atom. The summed E-state index contributed by atoms with van der Waals surface area (Å²) in [6, 6.07) is 10.2. The highest BCUT2D eigenvalue weighted by atomic mass is 32.2. The molecule has 0 saturated carbocycles. The standard InChI is InChI=1S/C17H16F3N3O3S2/c1-3-26-12-6-4-11(5-7-12)23(2)28(24,25)16-9-8-14(27-16)13-10-15(22-21-13)17(18,19)20/h4-10H,3H2,1-2H3,(H,21,22). The Morgan fingerprint density at radius 1 is 1.18 bits per heavy atom. The van der Waals surface area contributed by atoms with E-state index in [1.54, 1.807) is 24.3 Å². The van der Waals surface area contributed by atoms with Gasteiger partial charge in [0, 0.05) is 7.05 Å². The first kappa shape index (κ1) is 20.2. The van der Waals surface area contributed by atoms with Crippen molar-refractivity contribution < 1.29 is 26.3 Å². The lowest BCUT2D eigenvalue weighted by Gasteiger charge is -2.18. The molecule has 1 aromatic carbocycles. The number of alkyl halides is 3. The number of nitrogens with one attached hydrogen (secondary N) is 1. The van der Waals surface area contributed by atoms with Gasteiger partial charge < -0.3 is 4.74 Å². The molecule has 3 aromatic rings. The molecular formula is C17H16F3N3O3S2. The van der Waals surface area contributed by atoms with Crippen LogP contribution in [0.1, 0.15) is 12.6 Å². The van der Waals surface area contributed by atoms with Crippen LogP contribution in [-0.2, 0) is 16.2 Å². The van der Waals surface area contributed by atoms with E-state index >= 15 is 0 Å². The summed E-state index contributed by atoms with van der Waals surface area (Å²) in [6.45, 7) is 2.34. The van der Waals surface area contributed by atoms with Gasteiger partial charge in [-0.15, -0.1) is 11.3 Å². The van der Waals surface area contributed by atoms with Gasteiger partial charge in [0.2, 0.25) is 0 Å². The van der Waals surface area contributed by atoms with E-state index in [4.69, 9.17) is 4.74 Å². The molecular weight excluding hydrogens is 415 g/mol. The van der Waals surface area contributed by atoms with Crippen LogP contribution in [0.25, 0.3) is 10.6 Å². The summed E-state index contributed by atoms with van der Waals surface area (Å²) in [5.41, 5.74) is -0.535. The zero-order chi connectivity index (χ0) is 20.5. The first-order valence-corrected chi connectivity index (χ1v) is 10.3. The van der Waals surface area contributed by atoms with E-state index in [-0.39, 0.29) is 9.90 Å². The average Bonchev–Trinajstić information content (AvgIpc) is 3.31. The number of hydrogen-bond acceptors (Lipinski definition) is 5. The van der Waals surface area contributed by atoms with Crippen LogP contribution in [0, 0.1) is 0 Å². The molecule has 0 radical (unpaired) electrons. The van der Waals surface area contributed by atoms with Gasteiger partial charge in [-0.1, -0.05) is 0 Å². The van der Waals surface area contributed by atoms with Crippen LogP contribution in [0.4, 0.5) is 18.9 Å². The van der Waals surface area contributed by atoms with Crippen LogP contribution in [-0.4, -0.2) is 32.3 Å². The molecule has 11 heteroatoms. The number of nitrogens with zero attached hydrogens (tertiary/aromatic N) is 2. The van der Waals surface area contributed by atoms with Crippen molar-refractivity contribution in [1.29, 1.82) is 0 Å². The highest BCUT2D eigenvalue weighted by Gasteiger charge is 2.33. The Balaban J connectivity index is 1.85. The number of aromatic amines is 1. The molecule has 0 aliphatic rings. The minimum absolute atomic E-state index is 0.00422. The third-order valence-corrected chi connectivity index (χ3v) is 7.20. The fraction of sp³-hybridized carbons (Fsp3) is 0.235. The van der Waals surface area contributed by atoms with Crippen molar-refractivity contribution in [3.8, 4) is 16.3 Å². The predicted molar refractivity (Wildman–Crippen MR) is 100 cm³/mol. The van der Waals surface area contributed by atoms with E-state index in [2.05, 4.69) is 5.10 Å². The van der Waals surface area contributed by atoms with Gasteiger partial charge in [-0.25, -0.2) is 8.42 Å². The number of H-pyrrole nitrogens is 1. The van der Waals surface area contributed by atoms with Gasteiger partial charge in [-0.3, -0.25) is 9.40 Å². The maximum absolute atomic E-state index is 12.8. The van der Waals surface area contributed by atoms with Crippen molar-refractivity contribution in [1.82, 2.24) is 10.2 Å². The van der Waals surface area contributed by atoms with Crippen LogP contribution in [0.2, 0.25) is 0 Å². The molecule has 28 heavy (non-hydrogen) atoms. The van der Waals surface area contributed by atoms with Gasteiger partial charge in [-0.05, 0) is 49.4 Å². The van der Waals surface area contributed by atoms with E-state index in [1.807, 2.05) is 12.0 Å². The second kappa shape index (κ2) is 7.47. The lowest BCUT2D eigenvalue weighted by atomic mass is 10.3. The molecule has 2 heterocycles. The molecule has 0 bridgehead atoms. The topological polar surface area (TPSA) is 75.3 Å². The highest BCUT2D eigenvalue weighted by Crippen LogP contribution is 2.35. The van der Waals surface area contributed by atoms with Crippen molar-refractivity contribution in [2.24, 2.45) is 0 Å². The molecule has 2 aromatic heterocycles. The van der Waals surface area contributed by atoms with Crippen molar-refractivity contribution in [3.63, 3.8) is 0 Å². The molecule has 0 aliphatic carbocycles. The van der Waals surface area contributed by atoms with Gasteiger partial charge in [0.1, 0.15) is 21.3 Å². The second-order valence-electron chi connectivity index (χ2n) is 5.68. The molecule has 0 unspecified atom stereocenters. The number of aromatic nitrogens is 2. The Hall–Kier alpha value is -2.53. The first-order valence-electron chi connectivity index (χ1n) is 8.07. The summed E-state index contributed by atoms with van der Waals surface area (Å²) in [4.78, 5) is 0.311. The number of hydrogen-bond donors (Lipinski definition) is 1. The van der Waals surface area contributed by atoms with Crippen LogP contribution < -0.4 is 9.04 Å². The lowest BCUT2D eigenvalue weighted by molar-refractivity contribution is -0.141. The summed E-state index contributed by atoms with van der Waals surface area (Å²) in [6.07, 6.45) is -4.55. The molecule has 1 N–H and O–H groups in total. The summed E-state index contributed by atoms with van der Waals surface area (Å²) < 4.78 is 70.2. The zero-order valence-electron chi connectivity index (χ0n) is 14.8. The summed E-state index contributed by atoms with van der Waals surface area (Å²) >= 11 is 0.847. The fourth-order valence-corrected chi connectivity index (χ4v) is 5.02. The number of anilines is 1. The van der Waals surface area contributed by atoms with Crippen LogP contribution in [0.3, 0.4) is 0 Å². The molecule has 0 amide bonds. The molecule has 0 aliphatic heterocycles. The molecule has 3 rings (SSSR count). The number of thiophene rings is 1. The Bertz CT molecular complexity index is 1060. The minimum atomic E-state index is -4.55. The van der Waals surface area contributed by atoms with E-state index in [1.165, 1.54) is 19.2 Å². The molecule has 0 atom stereocenters. The molecule has 150 valence electrons. The van der Waals surface area contributed by atoms with Gasteiger partial charge in [0.15, 0.2) is 0 Å². The quantitative estimate of drug-likeness (QED) is 0.629.